The number of hydrogen-bond acceptors (Lipinski definition) is 4. The highest BCUT2D eigenvalue weighted by atomic mass is 31.1. The highest BCUT2D eigenvalue weighted by Gasteiger charge is 2.30. The average molecular weight is 277 g/mol. The molecule has 0 aromatic carbocycles. The van der Waals surface area contributed by atoms with Crippen molar-refractivity contribution in [2.75, 3.05) is 12.8 Å². The van der Waals surface area contributed by atoms with Crippen LogP contribution in [0.15, 0.2) is 0 Å². The summed E-state index contributed by atoms with van der Waals surface area (Å²) in [7, 11) is -2.43. The number of ketones is 1. The molecular formula is C12H22O5P+. The van der Waals surface area contributed by atoms with Gasteiger partial charge < -0.3 is 9.47 Å². The normalized spacial score (nSPS) is 22.6. The van der Waals surface area contributed by atoms with Crippen LogP contribution in [0.1, 0.15) is 45.4 Å². The molecule has 104 valence electrons. The van der Waals surface area contributed by atoms with Crippen LogP contribution in [-0.4, -0.2) is 35.8 Å². The molecule has 0 aliphatic carbocycles. The van der Waals surface area contributed by atoms with Crippen molar-refractivity contribution in [2.24, 2.45) is 0 Å². The predicted molar refractivity (Wildman–Crippen MR) is 67.7 cm³/mol. The minimum atomic E-state index is -2.43. The molecule has 0 aromatic heterocycles. The van der Waals surface area contributed by atoms with Gasteiger partial charge in [-0.05, 0) is 30.2 Å². The molecule has 1 saturated heterocycles. The number of ether oxygens (including phenoxy) is 2. The second-order valence-corrected chi connectivity index (χ2v) is 5.56. The summed E-state index contributed by atoms with van der Waals surface area (Å²) < 4.78 is 21.8. The van der Waals surface area contributed by atoms with E-state index < -0.39 is 14.1 Å². The SMILES string of the molecule is CCCCC(OC1CCCCO1)C(=O)C[P+](=O)O. The molecule has 1 N–H and O–H groups in total. The van der Waals surface area contributed by atoms with E-state index in [1.807, 2.05) is 6.92 Å². The van der Waals surface area contributed by atoms with Crippen molar-refractivity contribution in [3.8, 4) is 0 Å². The molecule has 1 heterocycles. The molecule has 0 bridgehead atoms. The summed E-state index contributed by atoms with van der Waals surface area (Å²) in [5.41, 5.74) is 0. The number of unbranched alkanes of at least 4 members (excludes halogenated alkanes) is 1. The van der Waals surface area contributed by atoms with Gasteiger partial charge in [0.2, 0.25) is 11.9 Å². The molecule has 0 amide bonds. The fourth-order valence-corrected chi connectivity index (χ4v) is 2.40. The van der Waals surface area contributed by atoms with Crippen molar-refractivity contribution in [3.63, 3.8) is 0 Å². The third kappa shape index (κ3) is 6.01. The molecule has 0 saturated carbocycles. The van der Waals surface area contributed by atoms with Gasteiger partial charge in [0, 0.05) is 6.61 Å². The number of Topliss-reactive ketones (excluding diaryl/α,β-unsaturated/α-hetero) is 1. The topological polar surface area (TPSA) is 72.8 Å². The van der Waals surface area contributed by atoms with Gasteiger partial charge in [-0.15, -0.1) is 0 Å². The van der Waals surface area contributed by atoms with Crippen LogP contribution >= 0.6 is 8.03 Å². The average Bonchev–Trinajstić information content (AvgIpc) is 2.34. The molecule has 1 aliphatic rings. The number of rotatable bonds is 8. The van der Waals surface area contributed by atoms with Crippen LogP contribution in [0.3, 0.4) is 0 Å². The van der Waals surface area contributed by atoms with Crippen LogP contribution in [0.5, 0.6) is 0 Å². The Kier molecular flexibility index (Phi) is 7.59. The Morgan fingerprint density at radius 2 is 2.33 bits per heavy atom. The summed E-state index contributed by atoms with van der Waals surface area (Å²) in [5.74, 6) is -0.291. The van der Waals surface area contributed by atoms with E-state index in [1.54, 1.807) is 0 Å². The first-order valence-electron chi connectivity index (χ1n) is 6.56. The molecule has 1 rings (SSSR count). The highest BCUT2D eigenvalue weighted by Crippen LogP contribution is 2.21. The van der Waals surface area contributed by atoms with Gasteiger partial charge in [-0.3, -0.25) is 4.79 Å². The van der Waals surface area contributed by atoms with Crippen LogP contribution in [0.25, 0.3) is 0 Å². The molecule has 5 nitrogen and oxygen atoms in total. The lowest BCUT2D eigenvalue weighted by Gasteiger charge is -2.26. The van der Waals surface area contributed by atoms with Crippen LogP contribution in [0.4, 0.5) is 0 Å². The molecule has 0 aromatic rings. The van der Waals surface area contributed by atoms with Gasteiger partial charge >= 0.3 is 8.03 Å². The van der Waals surface area contributed by atoms with Gasteiger partial charge in [0.15, 0.2) is 6.29 Å². The van der Waals surface area contributed by atoms with Gasteiger partial charge in [-0.1, -0.05) is 19.8 Å². The summed E-state index contributed by atoms with van der Waals surface area (Å²) in [6.07, 6.45) is 4.02. The van der Waals surface area contributed by atoms with Gasteiger partial charge in [0.25, 0.3) is 0 Å². The first kappa shape index (κ1) is 15.7. The van der Waals surface area contributed by atoms with E-state index in [0.29, 0.717) is 13.0 Å². The van der Waals surface area contributed by atoms with E-state index in [9.17, 15) is 9.36 Å². The lowest BCUT2D eigenvalue weighted by atomic mass is 10.1. The van der Waals surface area contributed by atoms with E-state index in [4.69, 9.17) is 14.4 Å². The lowest BCUT2D eigenvalue weighted by Crippen LogP contribution is -2.33. The quantitative estimate of drug-likeness (QED) is 0.690. The van der Waals surface area contributed by atoms with Crippen LogP contribution < -0.4 is 0 Å². The molecule has 6 heteroatoms. The van der Waals surface area contributed by atoms with E-state index in [0.717, 1.165) is 32.1 Å². The van der Waals surface area contributed by atoms with Crippen molar-refractivity contribution in [1.82, 2.24) is 0 Å². The minimum Gasteiger partial charge on any atom is -0.353 e. The van der Waals surface area contributed by atoms with Crippen molar-refractivity contribution >= 4 is 13.8 Å². The second-order valence-electron chi connectivity index (χ2n) is 4.54. The molecule has 18 heavy (non-hydrogen) atoms. The Morgan fingerprint density at radius 3 is 2.89 bits per heavy atom. The van der Waals surface area contributed by atoms with E-state index >= 15 is 0 Å². The zero-order chi connectivity index (χ0) is 13.4. The van der Waals surface area contributed by atoms with Crippen molar-refractivity contribution in [2.45, 2.75) is 57.8 Å². The lowest BCUT2D eigenvalue weighted by molar-refractivity contribution is -0.191. The molecule has 1 aliphatic heterocycles. The fourth-order valence-electron chi connectivity index (χ4n) is 1.93. The van der Waals surface area contributed by atoms with E-state index in [1.165, 1.54) is 0 Å². The first-order chi connectivity index (χ1) is 8.63. The molecule has 1 fully saturated rings. The zero-order valence-electron chi connectivity index (χ0n) is 10.8. The van der Waals surface area contributed by atoms with Gasteiger partial charge in [0.05, 0.1) is 0 Å². The standard InChI is InChI=1S/C12H21O5P/c1-2-3-6-11(10(13)9-18(14)15)17-12-7-4-5-8-16-12/h11-12H,2-9H2,1H3/p+1. The van der Waals surface area contributed by atoms with Crippen molar-refractivity contribution in [3.05, 3.63) is 0 Å². The largest absolute Gasteiger partial charge is 0.513 e. The summed E-state index contributed by atoms with van der Waals surface area (Å²) in [5, 5.41) is 0. The molecule has 3 atom stereocenters. The third-order valence-corrected chi connectivity index (χ3v) is 3.51. The van der Waals surface area contributed by atoms with Crippen LogP contribution in [-0.2, 0) is 18.8 Å². The van der Waals surface area contributed by atoms with Crippen LogP contribution in [0, 0.1) is 0 Å². The maximum absolute atomic E-state index is 11.8. The van der Waals surface area contributed by atoms with Crippen LogP contribution in [0.2, 0.25) is 0 Å². The Labute approximate surface area is 109 Å². The number of carbonyl (C=O) groups excluding carboxylic acids is 1. The fraction of sp³-hybridized carbons (Fsp3) is 0.917. The monoisotopic (exact) mass is 277 g/mol. The number of carbonyl (C=O) groups is 1. The number of hydrogen-bond donors (Lipinski definition) is 1. The van der Waals surface area contributed by atoms with Gasteiger partial charge in [-0.2, -0.15) is 4.89 Å². The Hall–Kier alpha value is -0.350. The minimum absolute atomic E-state index is 0.291. The van der Waals surface area contributed by atoms with E-state index in [-0.39, 0.29) is 18.2 Å². The summed E-state index contributed by atoms with van der Waals surface area (Å²) >= 11 is 0. The summed E-state index contributed by atoms with van der Waals surface area (Å²) in [6, 6.07) is 0. The second kappa shape index (κ2) is 8.70. The summed E-state index contributed by atoms with van der Waals surface area (Å²) in [4.78, 5) is 20.6. The molecule has 0 radical (unpaired) electrons. The molecular weight excluding hydrogens is 255 g/mol. The first-order valence-corrected chi connectivity index (χ1v) is 7.96. The van der Waals surface area contributed by atoms with Gasteiger partial charge in [0.1, 0.15) is 6.10 Å². The predicted octanol–water partition coefficient (Wildman–Crippen LogP) is 2.39. The molecule has 3 unspecified atom stereocenters. The van der Waals surface area contributed by atoms with Crippen molar-refractivity contribution < 1.29 is 23.7 Å². The maximum Gasteiger partial charge on any atom is 0.513 e. The summed E-state index contributed by atoms with van der Waals surface area (Å²) in [6.45, 7) is 2.69. The maximum atomic E-state index is 11.8. The third-order valence-electron chi connectivity index (χ3n) is 2.92. The highest BCUT2D eigenvalue weighted by molar-refractivity contribution is 7.39. The zero-order valence-corrected chi connectivity index (χ0v) is 11.7. The van der Waals surface area contributed by atoms with E-state index in [2.05, 4.69) is 0 Å². The Bertz CT molecular complexity index is 276. The van der Waals surface area contributed by atoms with Gasteiger partial charge in [-0.25, -0.2) is 0 Å². The molecule has 0 spiro atoms. The Morgan fingerprint density at radius 1 is 1.56 bits per heavy atom. The Balaban J connectivity index is 2.47. The smallest absolute Gasteiger partial charge is 0.353 e. The van der Waals surface area contributed by atoms with Crippen molar-refractivity contribution in [1.29, 1.82) is 0 Å².